The lowest BCUT2D eigenvalue weighted by atomic mass is 9.98. The van der Waals surface area contributed by atoms with Gasteiger partial charge in [0, 0.05) is 25.9 Å². The number of unbranched alkanes of at least 4 members (excludes halogenated alkanes) is 1. The molecule has 1 aliphatic rings. The van der Waals surface area contributed by atoms with Crippen LogP contribution >= 0.6 is 0 Å². The van der Waals surface area contributed by atoms with Gasteiger partial charge in [0.05, 0.1) is 12.2 Å². The van der Waals surface area contributed by atoms with Crippen LogP contribution in [-0.4, -0.2) is 46.0 Å². The number of carboxylic acid groups (broad SMARTS) is 1. The van der Waals surface area contributed by atoms with E-state index < -0.39 is 12.1 Å². The molecule has 9 heteroatoms. The molecule has 182 valence electrons. The summed E-state index contributed by atoms with van der Waals surface area (Å²) in [5.74, 6) is -1.17. The molecule has 9 nitrogen and oxygen atoms in total. The highest BCUT2D eigenvalue weighted by molar-refractivity contribution is 5.92. The maximum atomic E-state index is 12.4. The van der Waals surface area contributed by atoms with Crippen molar-refractivity contribution in [3.05, 3.63) is 77.1 Å². The van der Waals surface area contributed by atoms with E-state index in [1.165, 1.54) is 15.8 Å². The minimum Gasteiger partial charge on any atom is -0.481 e. The van der Waals surface area contributed by atoms with Gasteiger partial charge in [0.1, 0.15) is 12.3 Å². The Labute approximate surface area is 203 Å². The molecule has 1 aliphatic carbocycles. The zero-order chi connectivity index (χ0) is 24.8. The molecule has 0 atom stereocenters. The zero-order valence-corrected chi connectivity index (χ0v) is 19.5. The minimum absolute atomic E-state index is 0.0196. The average Bonchev–Trinajstić information content (AvgIpc) is 3.38. The van der Waals surface area contributed by atoms with Gasteiger partial charge in [-0.15, -0.1) is 0 Å². The van der Waals surface area contributed by atoms with E-state index in [9.17, 15) is 14.4 Å². The number of ether oxygens (including phenoxy) is 1. The van der Waals surface area contributed by atoms with Crippen LogP contribution in [0.3, 0.4) is 0 Å². The molecule has 2 aromatic carbocycles. The highest BCUT2D eigenvalue weighted by Crippen LogP contribution is 2.44. The van der Waals surface area contributed by atoms with E-state index in [0.29, 0.717) is 30.8 Å². The number of aromatic nitrogens is 2. The second kappa shape index (κ2) is 10.9. The Bertz CT molecular complexity index is 1190. The molecule has 3 aromatic rings. The molecule has 0 aliphatic heterocycles. The largest absolute Gasteiger partial charge is 0.481 e. The fourth-order valence-corrected chi connectivity index (χ4v) is 4.33. The first kappa shape index (κ1) is 24.0. The number of fused-ring (bicyclic) bond motifs is 3. The SMILES string of the molecule is Cn1nc(CNC(=O)OCC2c3ccccc3-c3ccccc32)cc1C(=O)NCCCCC(=O)O. The Morgan fingerprint density at radius 1 is 1.00 bits per heavy atom. The molecule has 3 N–H and O–H groups in total. The van der Waals surface area contributed by atoms with E-state index in [1.807, 2.05) is 24.3 Å². The number of benzene rings is 2. The summed E-state index contributed by atoms with van der Waals surface area (Å²) in [5.41, 5.74) is 5.50. The van der Waals surface area contributed by atoms with Crippen LogP contribution in [0.15, 0.2) is 54.6 Å². The lowest BCUT2D eigenvalue weighted by Gasteiger charge is -2.14. The van der Waals surface area contributed by atoms with E-state index in [-0.39, 0.29) is 31.4 Å². The molecule has 0 radical (unpaired) electrons. The molecular formula is C26H28N4O5. The first-order valence-corrected chi connectivity index (χ1v) is 11.6. The van der Waals surface area contributed by atoms with E-state index in [0.717, 1.165) is 11.1 Å². The Hall–Kier alpha value is -4.14. The van der Waals surface area contributed by atoms with Crippen LogP contribution in [0.1, 0.15) is 52.5 Å². The minimum atomic E-state index is -0.850. The molecule has 0 saturated carbocycles. The predicted molar refractivity (Wildman–Crippen MR) is 129 cm³/mol. The van der Waals surface area contributed by atoms with Gasteiger partial charge in [-0.1, -0.05) is 48.5 Å². The maximum Gasteiger partial charge on any atom is 0.407 e. The van der Waals surface area contributed by atoms with Gasteiger partial charge in [-0.2, -0.15) is 5.10 Å². The molecule has 0 spiro atoms. The van der Waals surface area contributed by atoms with Gasteiger partial charge < -0.3 is 20.5 Å². The average molecular weight is 477 g/mol. The Balaban J connectivity index is 1.27. The van der Waals surface area contributed by atoms with Crippen LogP contribution in [0.5, 0.6) is 0 Å². The first-order chi connectivity index (χ1) is 16.9. The number of rotatable bonds is 10. The summed E-state index contributed by atoms with van der Waals surface area (Å²) in [6.45, 7) is 0.721. The number of nitrogens with one attached hydrogen (secondary N) is 2. The number of carbonyl (C=O) groups is 3. The number of carboxylic acids is 1. The van der Waals surface area contributed by atoms with Crippen LogP contribution < -0.4 is 10.6 Å². The molecule has 1 aromatic heterocycles. The van der Waals surface area contributed by atoms with Crippen LogP contribution in [0.4, 0.5) is 4.79 Å². The van der Waals surface area contributed by atoms with Crippen LogP contribution in [0, 0.1) is 0 Å². The number of aliphatic carboxylic acids is 1. The van der Waals surface area contributed by atoms with Crippen molar-refractivity contribution >= 4 is 18.0 Å². The highest BCUT2D eigenvalue weighted by Gasteiger charge is 2.29. The topological polar surface area (TPSA) is 123 Å². The number of alkyl carbamates (subject to hydrolysis) is 1. The summed E-state index contributed by atoms with van der Waals surface area (Å²) >= 11 is 0. The third kappa shape index (κ3) is 5.68. The molecular weight excluding hydrogens is 448 g/mol. The smallest absolute Gasteiger partial charge is 0.407 e. The summed E-state index contributed by atoms with van der Waals surface area (Å²) in [4.78, 5) is 35.3. The van der Waals surface area contributed by atoms with Gasteiger partial charge in [0.2, 0.25) is 0 Å². The van der Waals surface area contributed by atoms with E-state index in [1.54, 1.807) is 13.1 Å². The van der Waals surface area contributed by atoms with Crippen molar-refractivity contribution in [2.75, 3.05) is 13.2 Å². The van der Waals surface area contributed by atoms with Crippen molar-refractivity contribution in [1.82, 2.24) is 20.4 Å². The van der Waals surface area contributed by atoms with Crippen molar-refractivity contribution in [1.29, 1.82) is 0 Å². The van der Waals surface area contributed by atoms with Crippen molar-refractivity contribution < 1.29 is 24.2 Å². The fraction of sp³-hybridized carbons (Fsp3) is 0.308. The number of nitrogens with zero attached hydrogens (tertiary/aromatic N) is 2. The Morgan fingerprint density at radius 2 is 1.66 bits per heavy atom. The van der Waals surface area contributed by atoms with Crippen LogP contribution in [0.25, 0.3) is 11.1 Å². The predicted octanol–water partition coefficient (Wildman–Crippen LogP) is 3.44. The van der Waals surface area contributed by atoms with Gasteiger partial charge in [-0.05, 0) is 41.2 Å². The van der Waals surface area contributed by atoms with Crippen LogP contribution in [-0.2, 0) is 23.1 Å². The monoisotopic (exact) mass is 476 g/mol. The Morgan fingerprint density at radius 3 is 2.31 bits per heavy atom. The standard InChI is InChI=1S/C26H28N4O5/c1-30-23(25(33)27-13-7-6-12-24(31)32)14-17(29-30)15-28-26(34)35-16-22-20-10-4-2-8-18(20)19-9-3-5-11-21(19)22/h2-5,8-11,14,22H,6-7,12-13,15-16H2,1H3,(H,27,33)(H,28,34)(H,31,32). The fourth-order valence-electron chi connectivity index (χ4n) is 4.33. The van der Waals surface area contributed by atoms with Gasteiger partial charge in [-0.3, -0.25) is 14.3 Å². The van der Waals surface area contributed by atoms with E-state index in [4.69, 9.17) is 9.84 Å². The molecule has 2 amide bonds. The van der Waals surface area contributed by atoms with Gasteiger partial charge >= 0.3 is 12.1 Å². The summed E-state index contributed by atoms with van der Waals surface area (Å²) in [6, 6.07) is 17.9. The van der Waals surface area contributed by atoms with Crippen molar-refractivity contribution in [3.8, 4) is 11.1 Å². The van der Waals surface area contributed by atoms with Gasteiger partial charge in [0.25, 0.3) is 5.91 Å². The first-order valence-electron chi connectivity index (χ1n) is 11.6. The van der Waals surface area contributed by atoms with Gasteiger partial charge in [0.15, 0.2) is 0 Å². The van der Waals surface area contributed by atoms with Crippen LogP contribution in [0.2, 0.25) is 0 Å². The number of aryl methyl sites for hydroxylation is 1. The summed E-state index contributed by atoms with van der Waals surface area (Å²) < 4.78 is 6.98. The van der Waals surface area contributed by atoms with E-state index >= 15 is 0 Å². The molecule has 1 heterocycles. The number of amides is 2. The van der Waals surface area contributed by atoms with Crippen molar-refractivity contribution in [3.63, 3.8) is 0 Å². The zero-order valence-electron chi connectivity index (χ0n) is 19.5. The third-order valence-corrected chi connectivity index (χ3v) is 6.02. The van der Waals surface area contributed by atoms with Crippen molar-refractivity contribution in [2.24, 2.45) is 7.05 Å². The molecule has 0 fully saturated rings. The number of carbonyl (C=O) groups excluding carboxylic acids is 2. The number of hydrogen-bond acceptors (Lipinski definition) is 5. The lowest BCUT2D eigenvalue weighted by molar-refractivity contribution is -0.137. The molecule has 0 saturated heterocycles. The second-order valence-corrected chi connectivity index (χ2v) is 8.43. The Kier molecular flexibility index (Phi) is 7.45. The number of hydrogen-bond donors (Lipinski definition) is 3. The van der Waals surface area contributed by atoms with E-state index in [2.05, 4.69) is 40.0 Å². The lowest BCUT2D eigenvalue weighted by Crippen LogP contribution is -2.26. The second-order valence-electron chi connectivity index (χ2n) is 8.43. The molecule has 0 bridgehead atoms. The highest BCUT2D eigenvalue weighted by atomic mass is 16.5. The third-order valence-electron chi connectivity index (χ3n) is 6.02. The molecule has 35 heavy (non-hydrogen) atoms. The summed E-state index contributed by atoms with van der Waals surface area (Å²) in [6.07, 6.45) is 0.595. The quantitative estimate of drug-likeness (QED) is 0.385. The molecule has 4 rings (SSSR count). The normalized spacial score (nSPS) is 12.0. The summed E-state index contributed by atoms with van der Waals surface area (Å²) in [5, 5.41) is 18.4. The maximum absolute atomic E-state index is 12.4. The summed E-state index contributed by atoms with van der Waals surface area (Å²) in [7, 11) is 1.65. The van der Waals surface area contributed by atoms with Crippen molar-refractivity contribution in [2.45, 2.75) is 31.7 Å². The van der Waals surface area contributed by atoms with Gasteiger partial charge in [-0.25, -0.2) is 4.79 Å². The molecule has 0 unspecified atom stereocenters.